The predicted octanol–water partition coefficient (Wildman–Crippen LogP) is 1.51. The number of nitrogens with two attached hydrogens (primary N) is 1. The van der Waals surface area contributed by atoms with Gasteiger partial charge in [-0.05, 0) is 48.0 Å². The average molecular weight is 258 g/mol. The van der Waals surface area contributed by atoms with E-state index in [-0.39, 0.29) is 12.3 Å². The number of carbonyl (C=O) groups excluding carboxylic acids is 1. The fourth-order valence-corrected chi connectivity index (χ4v) is 1.24. The van der Waals surface area contributed by atoms with Crippen LogP contribution in [0.1, 0.15) is 54.4 Å². The zero-order valence-electron chi connectivity index (χ0n) is 12.3. The third-order valence-corrected chi connectivity index (χ3v) is 3.59. The average Bonchev–Trinajstić information content (AvgIpc) is 2.12. The van der Waals surface area contributed by atoms with Crippen LogP contribution >= 0.6 is 0 Å². The summed E-state index contributed by atoms with van der Waals surface area (Å²) >= 11 is 0. The van der Waals surface area contributed by atoms with Crippen molar-refractivity contribution in [3.8, 4) is 0 Å². The monoisotopic (exact) mass is 258 g/mol. The van der Waals surface area contributed by atoms with Crippen LogP contribution in [0.2, 0.25) is 0 Å². The molecule has 5 heteroatoms. The van der Waals surface area contributed by atoms with Gasteiger partial charge in [-0.25, -0.2) is 0 Å². The Balaban J connectivity index is 4.70. The summed E-state index contributed by atoms with van der Waals surface area (Å²) in [6, 6.07) is 0. The summed E-state index contributed by atoms with van der Waals surface area (Å²) < 4.78 is 0. The van der Waals surface area contributed by atoms with Gasteiger partial charge in [0, 0.05) is 17.5 Å². The molecule has 0 aliphatic rings. The van der Waals surface area contributed by atoms with Crippen molar-refractivity contribution in [2.45, 2.75) is 65.5 Å². The van der Waals surface area contributed by atoms with Gasteiger partial charge in [0.1, 0.15) is 0 Å². The molecule has 0 aromatic heterocycles. The summed E-state index contributed by atoms with van der Waals surface area (Å²) in [5.74, 6) is -1.03. The van der Waals surface area contributed by atoms with Gasteiger partial charge in [0.05, 0.1) is 5.41 Å². The first kappa shape index (κ1) is 16.9. The van der Waals surface area contributed by atoms with E-state index in [1.165, 1.54) is 0 Å². The highest BCUT2D eigenvalue weighted by atomic mass is 16.4. The Morgan fingerprint density at radius 1 is 1.11 bits per heavy atom. The smallest absolute Gasteiger partial charge is 0.303 e. The summed E-state index contributed by atoms with van der Waals surface area (Å²) in [4.78, 5) is 22.8. The molecule has 0 unspecified atom stereocenters. The van der Waals surface area contributed by atoms with Gasteiger partial charge in [0.2, 0.25) is 5.91 Å². The van der Waals surface area contributed by atoms with Crippen LogP contribution in [-0.4, -0.2) is 28.1 Å². The fourth-order valence-electron chi connectivity index (χ4n) is 1.24. The van der Waals surface area contributed by atoms with E-state index in [2.05, 4.69) is 5.32 Å². The van der Waals surface area contributed by atoms with Crippen molar-refractivity contribution < 1.29 is 14.7 Å². The summed E-state index contributed by atoms with van der Waals surface area (Å²) in [6.45, 7) is 10.8. The molecule has 0 aliphatic heterocycles. The molecule has 0 radical (unpaired) electrons. The Hall–Kier alpha value is -1.10. The highest BCUT2D eigenvalue weighted by molar-refractivity contribution is 5.84. The Bertz CT molecular complexity index is 328. The third-order valence-electron chi connectivity index (χ3n) is 3.59. The number of hydrogen-bond donors (Lipinski definition) is 3. The van der Waals surface area contributed by atoms with Crippen molar-refractivity contribution in [1.82, 2.24) is 5.32 Å². The molecule has 5 nitrogen and oxygen atoms in total. The number of carboxylic acids is 1. The van der Waals surface area contributed by atoms with Crippen molar-refractivity contribution in [3.05, 3.63) is 0 Å². The molecule has 0 aromatic carbocycles. The number of carbonyl (C=O) groups is 2. The lowest BCUT2D eigenvalue weighted by molar-refractivity contribution is -0.139. The minimum atomic E-state index is -0.865. The number of carboxylic acid groups (broad SMARTS) is 1. The van der Waals surface area contributed by atoms with E-state index in [1.54, 1.807) is 27.7 Å². The number of nitrogens with one attached hydrogen (secondary N) is 1. The molecular weight excluding hydrogens is 232 g/mol. The van der Waals surface area contributed by atoms with Gasteiger partial charge in [-0.1, -0.05) is 0 Å². The lowest BCUT2D eigenvalue weighted by atomic mass is 9.74. The maximum Gasteiger partial charge on any atom is 0.303 e. The van der Waals surface area contributed by atoms with Crippen molar-refractivity contribution in [1.29, 1.82) is 0 Å². The largest absolute Gasteiger partial charge is 0.481 e. The Kier molecular flexibility index (Phi) is 4.94. The van der Waals surface area contributed by atoms with Gasteiger partial charge in [-0.3, -0.25) is 9.59 Å². The van der Waals surface area contributed by atoms with E-state index < -0.39 is 22.5 Å². The van der Waals surface area contributed by atoms with Crippen molar-refractivity contribution in [2.75, 3.05) is 0 Å². The van der Waals surface area contributed by atoms with Gasteiger partial charge in [-0.2, -0.15) is 0 Å². The topological polar surface area (TPSA) is 92.4 Å². The lowest BCUT2D eigenvalue weighted by Crippen LogP contribution is -2.59. The minimum Gasteiger partial charge on any atom is -0.481 e. The Labute approximate surface area is 109 Å². The summed E-state index contributed by atoms with van der Waals surface area (Å²) in [6.07, 6.45) is 0.412. The zero-order valence-corrected chi connectivity index (χ0v) is 12.3. The number of hydrogen-bond acceptors (Lipinski definition) is 3. The maximum absolute atomic E-state index is 12.2. The summed E-state index contributed by atoms with van der Waals surface area (Å²) in [5.41, 5.74) is 4.06. The molecule has 1 amide bonds. The molecule has 0 bridgehead atoms. The molecule has 18 heavy (non-hydrogen) atoms. The Morgan fingerprint density at radius 2 is 1.56 bits per heavy atom. The predicted molar refractivity (Wildman–Crippen MR) is 71.1 cm³/mol. The SMILES string of the molecule is CC(C)(CCC(=O)O)NC(=O)C(C)(C)C(C)(C)N. The third kappa shape index (κ3) is 4.64. The van der Waals surface area contributed by atoms with E-state index in [1.807, 2.05) is 13.8 Å². The second-order valence-corrected chi connectivity index (χ2v) is 6.58. The van der Waals surface area contributed by atoms with Gasteiger partial charge >= 0.3 is 5.97 Å². The quantitative estimate of drug-likeness (QED) is 0.673. The molecular formula is C13H26N2O3. The normalized spacial score (nSPS) is 13.3. The highest BCUT2D eigenvalue weighted by Gasteiger charge is 2.41. The van der Waals surface area contributed by atoms with Crippen LogP contribution in [0, 0.1) is 5.41 Å². The molecule has 0 rings (SSSR count). The molecule has 0 aromatic rings. The molecule has 0 saturated heterocycles. The summed E-state index contributed by atoms with van der Waals surface area (Å²) in [7, 11) is 0. The molecule has 0 saturated carbocycles. The molecule has 0 atom stereocenters. The second-order valence-electron chi connectivity index (χ2n) is 6.58. The summed E-state index contributed by atoms with van der Waals surface area (Å²) in [5, 5.41) is 11.5. The highest BCUT2D eigenvalue weighted by Crippen LogP contribution is 2.29. The molecule has 0 fully saturated rings. The fraction of sp³-hybridized carbons (Fsp3) is 0.846. The first-order valence-electron chi connectivity index (χ1n) is 6.13. The Morgan fingerprint density at radius 3 is 1.89 bits per heavy atom. The van der Waals surface area contributed by atoms with Gasteiger partial charge in [0.25, 0.3) is 0 Å². The van der Waals surface area contributed by atoms with E-state index in [4.69, 9.17) is 10.8 Å². The molecule has 4 N–H and O–H groups in total. The van der Waals surface area contributed by atoms with E-state index in [9.17, 15) is 9.59 Å². The minimum absolute atomic E-state index is 0.0275. The van der Waals surface area contributed by atoms with Crippen molar-refractivity contribution >= 4 is 11.9 Å². The zero-order chi connectivity index (χ0) is 14.8. The number of aliphatic carboxylic acids is 1. The van der Waals surface area contributed by atoms with Crippen LogP contribution in [0.15, 0.2) is 0 Å². The van der Waals surface area contributed by atoms with Crippen LogP contribution < -0.4 is 11.1 Å². The van der Waals surface area contributed by atoms with Crippen molar-refractivity contribution in [2.24, 2.45) is 11.1 Å². The van der Waals surface area contributed by atoms with Gasteiger partial charge in [0.15, 0.2) is 0 Å². The molecule has 106 valence electrons. The molecule has 0 spiro atoms. The van der Waals surface area contributed by atoms with Gasteiger partial charge in [-0.15, -0.1) is 0 Å². The van der Waals surface area contributed by atoms with Crippen molar-refractivity contribution in [3.63, 3.8) is 0 Å². The van der Waals surface area contributed by atoms with Crippen LogP contribution in [-0.2, 0) is 9.59 Å². The van der Waals surface area contributed by atoms with E-state index in [0.29, 0.717) is 6.42 Å². The second kappa shape index (κ2) is 5.26. The van der Waals surface area contributed by atoms with E-state index >= 15 is 0 Å². The molecule has 0 heterocycles. The van der Waals surface area contributed by atoms with Crippen LogP contribution in [0.4, 0.5) is 0 Å². The maximum atomic E-state index is 12.2. The lowest BCUT2D eigenvalue weighted by Gasteiger charge is -2.39. The van der Waals surface area contributed by atoms with Gasteiger partial charge < -0.3 is 16.2 Å². The first-order valence-corrected chi connectivity index (χ1v) is 6.13. The number of amides is 1. The van der Waals surface area contributed by atoms with Crippen LogP contribution in [0.5, 0.6) is 0 Å². The standard InChI is InChI=1S/C13H26N2O3/c1-11(2,8-7-9(16)17)15-10(18)12(3,4)13(5,6)14/h7-8,14H2,1-6H3,(H,15,18)(H,16,17). The molecule has 0 aliphatic carbocycles. The number of rotatable bonds is 6. The van der Waals surface area contributed by atoms with Crippen LogP contribution in [0.3, 0.4) is 0 Å². The first-order chi connectivity index (χ1) is 7.79. The van der Waals surface area contributed by atoms with Crippen LogP contribution in [0.25, 0.3) is 0 Å². The van der Waals surface area contributed by atoms with E-state index in [0.717, 1.165) is 0 Å².